The summed E-state index contributed by atoms with van der Waals surface area (Å²) in [6.45, 7) is 4.61. The average molecular weight is 367 g/mol. The summed E-state index contributed by atoms with van der Waals surface area (Å²) in [5.74, 6) is 0.565. The molecule has 6 nitrogen and oxygen atoms in total. The van der Waals surface area contributed by atoms with Crippen LogP contribution in [0.25, 0.3) is 11.1 Å². The standard InChI is InChI=1S/C21H25N3O3/c1-14-7-9-22-17(11-14)12-15(2)24(3)21(25)16-5-6-18-19(13-16)27-20(23-18)8-10-26-4/h5-7,9,11,13,15H,8,10,12H2,1-4H3/t15-/m1/s1. The largest absolute Gasteiger partial charge is 0.441 e. The molecule has 0 N–H and O–H groups in total. The lowest BCUT2D eigenvalue weighted by Crippen LogP contribution is -2.36. The molecule has 0 saturated heterocycles. The summed E-state index contributed by atoms with van der Waals surface area (Å²) in [7, 11) is 3.46. The number of hydrogen-bond acceptors (Lipinski definition) is 5. The number of aryl methyl sites for hydroxylation is 1. The van der Waals surface area contributed by atoms with Gasteiger partial charge in [-0.2, -0.15) is 0 Å². The minimum atomic E-state index is -0.0492. The Kier molecular flexibility index (Phi) is 5.86. The van der Waals surface area contributed by atoms with E-state index in [0.29, 0.717) is 36.5 Å². The Balaban J connectivity index is 1.73. The van der Waals surface area contributed by atoms with E-state index >= 15 is 0 Å². The Morgan fingerprint density at radius 3 is 2.85 bits per heavy atom. The highest BCUT2D eigenvalue weighted by molar-refractivity contribution is 5.97. The molecule has 27 heavy (non-hydrogen) atoms. The zero-order valence-corrected chi connectivity index (χ0v) is 16.2. The smallest absolute Gasteiger partial charge is 0.253 e. The van der Waals surface area contributed by atoms with Gasteiger partial charge in [-0.1, -0.05) is 0 Å². The second kappa shape index (κ2) is 8.31. The minimum absolute atomic E-state index is 0.0227. The number of hydrogen-bond donors (Lipinski definition) is 0. The van der Waals surface area contributed by atoms with Gasteiger partial charge in [-0.3, -0.25) is 9.78 Å². The highest BCUT2D eigenvalue weighted by Gasteiger charge is 2.19. The Labute approximate surface area is 159 Å². The van der Waals surface area contributed by atoms with Gasteiger partial charge in [0.25, 0.3) is 5.91 Å². The summed E-state index contributed by atoms with van der Waals surface area (Å²) in [5, 5.41) is 0. The molecule has 0 bridgehead atoms. The molecule has 2 aromatic heterocycles. The molecule has 0 spiro atoms. The molecular formula is C21H25N3O3. The number of likely N-dealkylation sites (N-methyl/N-ethyl adjacent to an activating group) is 1. The molecule has 0 aliphatic rings. The number of carbonyl (C=O) groups excluding carboxylic acids is 1. The third-order valence-electron chi connectivity index (χ3n) is 4.66. The summed E-state index contributed by atoms with van der Waals surface area (Å²) in [6.07, 6.45) is 3.11. The molecule has 0 unspecified atom stereocenters. The maximum Gasteiger partial charge on any atom is 0.253 e. The van der Waals surface area contributed by atoms with Crippen LogP contribution in [0.5, 0.6) is 0 Å². The van der Waals surface area contributed by atoms with Gasteiger partial charge in [0, 0.05) is 50.5 Å². The topological polar surface area (TPSA) is 68.5 Å². The molecule has 0 aliphatic carbocycles. The monoisotopic (exact) mass is 367 g/mol. The third kappa shape index (κ3) is 4.52. The Morgan fingerprint density at radius 1 is 1.30 bits per heavy atom. The molecule has 3 rings (SSSR count). The predicted molar refractivity (Wildman–Crippen MR) is 104 cm³/mol. The van der Waals surface area contributed by atoms with Crippen LogP contribution >= 0.6 is 0 Å². The number of aromatic nitrogens is 2. The molecule has 6 heteroatoms. The summed E-state index contributed by atoms with van der Waals surface area (Å²) in [4.78, 5) is 23.4. The second-order valence-electron chi connectivity index (χ2n) is 6.83. The van der Waals surface area contributed by atoms with Crippen LogP contribution in [0.2, 0.25) is 0 Å². The van der Waals surface area contributed by atoms with Crippen molar-refractivity contribution in [2.75, 3.05) is 20.8 Å². The van der Waals surface area contributed by atoms with Crippen molar-refractivity contribution in [3.05, 3.63) is 59.2 Å². The molecule has 3 aromatic rings. The van der Waals surface area contributed by atoms with Gasteiger partial charge in [-0.05, 0) is 49.7 Å². The molecule has 142 valence electrons. The van der Waals surface area contributed by atoms with Crippen molar-refractivity contribution in [2.24, 2.45) is 0 Å². The summed E-state index contributed by atoms with van der Waals surface area (Å²) < 4.78 is 10.8. The van der Waals surface area contributed by atoms with Crippen molar-refractivity contribution in [2.45, 2.75) is 32.7 Å². The van der Waals surface area contributed by atoms with Crippen LogP contribution in [-0.4, -0.2) is 47.6 Å². The zero-order chi connectivity index (χ0) is 19.4. The van der Waals surface area contributed by atoms with Gasteiger partial charge < -0.3 is 14.1 Å². The van der Waals surface area contributed by atoms with Crippen molar-refractivity contribution in [3.63, 3.8) is 0 Å². The van der Waals surface area contributed by atoms with E-state index in [-0.39, 0.29) is 11.9 Å². The molecule has 0 aliphatic heterocycles. The summed E-state index contributed by atoms with van der Waals surface area (Å²) >= 11 is 0. The first-order valence-corrected chi connectivity index (χ1v) is 9.05. The van der Waals surface area contributed by atoms with Crippen molar-refractivity contribution in [1.29, 1.82) is 0 Å². The maximum absolute atomic E-state index is 12.9. The molecule has 2 heterocycles. The number of rotatable bonds is 7. The van der Waals surface area contributed by atoms with Gasteiger partial charge in [0.2, 0.25) is 0 Å². The molecular weight excluding hydrogens is 342 g/mol. The Bertz CT molecular complexity index is 935. The number of carbonyl (C=O) groups is 1. The van der Waals surface area contributed by atoms with E-state index in [0.717, 1.165) is 11.2 Å². The highest BCUT2D eigenvalue weighted by atomic mass is 16.5. The maximum atomic E-state index is 12.9. The molecule has 1 amide bonds. The molecule has 1 atom stereocenters. The lowest BCUT2D eigenvalue weighted by molar-refractivity contribution is 0.0743. The van der Waals surface area contributed by atoms with E-state index in [4.69, 9.17) is 9.15 Å². The highest BCUT2D eigenvalue weighted by Crippen LogP contribution is 2.19. The molecule has 1 aromatic carbocycles. The lowest BCUT2D eigenvalue weighted by atomic mass is 10.1. The van der Waals surface area contributed by atoms with Crippen LogP contribution in [0.15, 0.2) is 40.9 Å². The molecule has 0 radical (unpaired) electrons. The SMILES string of the molecule is COCCc1nc2ccc(C(=O)N(C)[C@H](C)Cc3cc(C)ccn3)cc2o1. The second-order valence-corrected chi connectivity index (χ2v) is 6.83. The first-order chi connectivity index (χ1) is 13.0. The summed E-state index contributed by atoms with van der Waals surface area (Å²) in [5.41, 5.74) is 4.10. The van der Waals surface area contributed by atoms with Crippen LogP contribution in [0.3, 0.4) is 0 Å². The first kappa shape index (κ1) is 19.0. The number of oxazole rings is 1. The summed E-state index contributed by atoms with van der Waals surface area (Å²) in [6, 6.07) is 9.42. The van der Waals surface area contributed by atoms with E-state index in [9.17, 15) is 4.79 Å². The van der Waals surface area contributed by atoms with Gasteiger partial charge >= 0.3 is 0 Å². The first-order valence-electron chi connectivity index (χ1n) is 9.05. The van der Waals surface area contributed by atoms with Crippen molar-refractivity contribution < 1.29 is 13.9 Å². The fourth-order valence-electron chi connectivity index (χ4n) is 2.96. The van der Waals surface area contributed by atoms with Crippen molar-refractivity contribution in [3.8, 4) is 0 Å². The number of amides is 1. The number of fused-ring (bicyclic) bond motifs is 1. The predicted octanol–water partition coefficient (Wildman–Crippen LogP) is 3.42. The third-order valence-corrected chi connectivity index (χ3v) is 4.66. The van der Waals surface area contributed by atoms with Gasteiger partial charge in [0.1, 0.15) is 5.52 Å². The van der Waals surface area contributed by atoms with Gasteiger partial charge in [0.15, 0.2) is 11.5 Å². The van der Waals surface area contributed by atoms with Gasteiger partial charge in [0.05, 0.1) is 6.61 Å². The van der Waals surface area contributed by atoms with Crippen LogP contribution < -0.4 is 0 Å². The van der Waals surface area contributed by atoms with Crippen molar-refractivity contribution >= 4 is 17.0 Å². The molecule has 0 saturated carbocycles. The number of methoxy groups -OCH3 is 1. The lowest BCUT2D eigenvalue weighted by Gasteiger charge is -2.25. The molecule has 0 fully saturated rings. The number of pyridine rings is 1. The average Bonchev–Trinajstić information content (AvgIpc) is 3.07. The van der Waals surface area contributed by atoms with Crippen LogP contribution in [0.1, 0.15) is 34.4 Å². The fourth-order valence-corrected chi connectivity index (χ4v) is 2.96. The van der Waals surface area contributed by atoms with Crippen LogP contribution in [0, 0.1) is 6.92 Å². The van der Waals surface area contributed by atoms with Gasteiger partial charge in [-0.25, -0.2) is 4.98 Å². The van der Waals surface area contributed by atoms with E-state index in [1.54, 1.807) is 30.3 Å². The van der Waals surface area contributed by atoms with E-state index < -0.39 is 0 Å². The zero-order valence-electron chi connectivity index (χ0n) is 16.2. The number of benzene rings is 1. The Hall–Kier alpha value is -2.73. The number of nitrogens with zero attached hydrogens (tertiary/aromatic N) is 3. The quantitative estimate of drug-likeness (QED) is 0.640. The normalized spacial score (nSPS) is 12.3. The van der Waals surface area contributed by atoms with Crippen LogP contribution in [0.4, 0.5) is 0 Å². The number of ether oxygens (including phenoxy) is 1. The van der Waals surface area contributed by atoms with E-state index in [1.165, 1.54) is 5.56 Å². The Morgan fingerprint density at radius 2 is 2.11 bits per heavy atom. The fraction of sp³-hybridized carbons (Fsp3) is 0.381. The van der Waals surface area contributed by atoms with E-state index in [2.05, 4.69) is 16.0 Å². The minimum Gasteiger partial charge on any atom is -0.441 e. The van der Waals surface area contributed by atoms with Gasteiger partial charge in [-0.15, -0.1) is 0 Å². The van der Waals surface area contributed by atoms with E-state index in [1.807, 2.05) is 33.0 Å². The van der Waals surface area contributed by atoms with Crippen molar-refractivity contribution in [1.82, 2.24) is 14.9 Å². The van der Waals surface area contributed by atoms with Crippen LogP contribution in [-0.2, 0) is 17.6 Å².